The Labute approximate surface area is 142 Å². The number of aromatic nitrogens is 1. The van der Waals surface area contributed by atoms with E-state index < -0.39 is 18.0 Å². The van der Waals surface area contributed by atoms with Crippen LogP contribution in [0.15, 0.2) is 64.9 Å². The van der Waals surface area contributed by atoms with Crippen LogP contribution in [0.4, 0.5) is 0 Å². The number of nitrogens with one attached hydrogen (secondary N) is 1. The Kier molecular flexibility index (Phi) is 5.02. The highest BCUT2D eigenvalue weighted by atomic mass is 32.1. The van der Waals surface area contributed by atoms with Crippen LogP contribution in [-0.2, 0) is 16.1 Å². The van der Waals surface area contributed by atoms with Crippen molar-refractivity contribution in [3.8, 4) is 0 Å². The second-order valence-electron chi connectivity index (χ2n) is 4.85. The molecule has 3 heterocycles. The molecule has 0 aromatic carbocycles. The van der Waals surface area contributed by atoms with Crippen molar-refractivity contribution in [3.05, 3.63) is 76.6 Å². The molecule has 0 aliphatic rings. The van der Waals surface area contributed by atoms with Gasteiger partial charge in [0, 0.05) is 18.0 Å². The van der Waals surface area contributed by atoms with Gasteiger partial charge in [0.05, 0.1) is 12.8 Å². The Hall–Kier alpha value is -2.93. The molecule has 3 rings (SSSR count). The van der Waals surface area contributed by atoms with Gasteiger partial charge in [-0.2, -0.15) is 0 Å². The van der Waals surface area contributed by atoms with Crippen LogP contribution in [0.1, 0.15) is 27.1 Å². The first-order valence-corrected chi connectivity index (χ1v) is 8.06. The fourth-order valence-electron chi connectivity index (χ4n) is 2.04. The summed E-state index contributed by atoms with van der Waals surface area (Å²) in [6.45, 7) is 0.207. The van der Waals surface area contributed by atoms with Crippen LogP contribution in [0.3, 0.4) is 0 Å². The van der Waals surface area contributed by atoms with Gasteiger partial charge in [0.25, 0.3) is 5.91 Å². The van der Waals surface area contributed by atoms with Gasteiger partial charge in [0.2, 0.25) is 6.10 Å². The van der Waals surface area contributed by atoms with E-state index in [1.165, 1.54) is 23.8 Å². The number of ether oxygens (including phenoxy) is 1. The number of esters is 1. The summed E-state index contributed by atoms with van der Waals surface area (Å²) in [4.78, 5) is 29.1. The van der Waals surface area contributed by atoms with Gasteiger partial charge in [-0.15, -0.1) is 11.3 Å². The minimum atomic E-state index is -1.08. The number of furan rings is 1. The van der Waals surface area contributed by atoms with Crippen molar-refractivity contribution in [3.63, 3.8) is 0 Å². The first kappa shape index (κ1) is 15.9. The van der Waals surface area contributed by atoms with Crippen molar-refractivity contribution in [2.45, 2.75) is 12.6 Å². The second kappa shape index (κ2) is 7.56. The molecule has 0 spiro atoms. The van der Waals surface area contributed by atoms with Crippen LogP contribution in [0.25, 0.3) is 0 Å². The van der Waals surface area contributed by atoms with Crippen molar-refractivity contribution in [2.75, 3.05) is 0 Å². The zero-order valence-corrected chi connectivity index (χ0v) is 13.4. The lowest BCUT2D eigenvalue weighted by atomic mass is 10.1. The van der Waals surface area contributed by atoms with E-state index in [1.54, 1.807) is 48.0 Å². The Balaban J connectivity index is 1.74. The van der Waals surface area contributed by atoms with Crippen LogP contribution < -0.4 is 5.32 Å². The molecule has 122 valence electrons. The average molecular weight is 342 g/mol. The molecule has 0 radical (unpaired) electrons. The minimum absolute atomic E-state index is 0.207. The minimum Gasteiger partial charge on any atom is -0.467 e. The third-order valence-corrected chi connectivity index (χ3v) is 4.04. The van der Waals surface area contributed by atoms with E-state index >= 15 is 0 Å². The number of hydrogen-bond acceptors (Lipinski definition) is 6. The predicted molar refractivity (Wildman–Crippen MR) is 87.3 cm³/mol. The van der Waals surface area contributed by atoms with Crippen molar-refractivity contribution < 1.29 is 18.7 Å². The lowest BCUT2D eigenvalue weighted by Gasteiger charge is -2.17. The summed E-state index contributed by atoms with van der Waals surface area (Å²) in [6.07, 6.45) is 3.53. The van der Waals surface area contributed by atoms with Gasteiger partial charge in [-0.25, -0.2) is 4.79 Å². The van der Waals surface area contributed by atoms with Crippen molar-refractivity contribution >= 4 is 23.2 Å². The number of hydrogen-bond donors (Lipinski definition) is 1. The normalized spacial score (nSPS) is 11.7. The quantitative estimate of drug-likeness (QED) is 0.697. The molecule has 3 aromatic rings. The molecule has 1 atom stereocenters. The summed E-state index contributed by atoms with van der Waals surface area (Å²) in [5, 5.41) is 4.47. The summed E-state index contributed by atoms with van der Waals surface area (Å²) in [5.74, 6) is -0.380. The number of thiophene rings is 1. The molecule has 1 N–H and O–H groups in total. The topological polar surface area (TPSA) is 81.4 Å². The zero-order chi connectivity index (χ0) is 16.8. The lowest BCUT2D eigenvalue weighted by Crippen LogP contribution is -2.31. The summed E-state index contributed by atoms with van der Waals surface area (Å²) in [5.41, 5.74) is 0.499. The van der Waals surface area contributed by atoms with Gasteiger partial charge in [-0.05, 0) is 29.6 Å². The number of nitrogens with zero attached hydrogens (tertiary/aromatic N) is 1. The van der Waals surface area contributed by atoms with Crippen molar-refractivity contribution in [2.24, 2.45) is 0 Å². The van der Waals surface area contributed by atoms with Crippen LogP contribution in [0.2, 0.25) is 0 Å². The Bertz CT molecular complexity index is 785. The second-order valence-corrected chi connectivity index (χ2v) is 5.79. The van der Waals surface area contributed by atoms with E-state index in [4.69, 9.17) is 9.15 Å². The lowest BCUT2D eigenvalue weighted by molar-refractivity contribution is -0.130. The number of carbonyl (C=O) groups is 2. The number of carbonyl (C=O) groups excluding carboxylic acids is 2. The monoisotopic (exact) mass is 342 g/mol. The summed E-state index contributed by atoms with van der Waals surface area (Å²) < 4.78 is 10.6. The third-order valence-electron chi connectivity index (χ3n) is 3.19. The van der Waals surface area contributed by atoms with Gasteiger partial charge < -0.3 is 14.5 Å². The van der Waals surface area contributed by atoms with Crippen molar-refractivity contribution in [1.82, 2.24) is 10.3 Å². The maximum atomic E-state index is 12.5. The van der Waals surface area contributed by atoms with E-state index in [0.717, 1.165) is 0 Å². The molecule has 0 fully saturated rings. The van der Waals surface area contributed by atoms with E-state index in [2.05, 4.69) is 10.3 Å². The largest absolute Gasteiger partial charge is 0.467 e. The highest BCUT2D eigenvalue weighted by Crippen LogP contribution is 2.20. The van der Waals surface area contributed by atoms with Crippen LogP contribution in [0, 0.1) is 0 Å². The number of pyridine rings is 1. The Morgan fingerprint density at radius 3 is 2.83 bits per heavy atom. The SMILES string of the molecule is O=C(O[C@H](C(=O)NCc1ccco1)c1cccnc1)c1cccs1. The van der Waals surface area contributed by atoms with E-state index in [-0.39, 0.29) is 6.54 Å². The van der Waals surface area contributed by atoms with Gasteiger partial charge in [0.15, 0.2) is 0 Å². The molecule has 0 saturated carbocycles. The van der Waals surface area contributed by atoms with E-state index in [9.17, 15) is 9.59 Å². The summed E-state index contributed by atoms with van der Waals surface area (Å²) in [7, 11) is 0. The summed E-state index contributed by atoms with van der Waals surface area (Å²) >= 11 is 1.25. The molecule has 0 unspecified atom stereocenters. The molecule has 3 aromatic heterocycles. The fraction of sp³-hybridized carbons (Fsp3) is 0.118. The smallest absolute Gasteiger partial charge is 0.349 e. The number of rotatable bonds is 6. The Morgan fingerprint density at radius 2 is 2.17 bits per heavy atom. The van der Waals surface area contributed by atoms with Gasteiger partial charge in [0.1, 0.15) is 10.6 Å². The number of amides is 1. The molecule has 0 saturated heterocycles. The molecule has 24 heavy (non-hydrogen) atoms. The molecule has 0 aliphatic heterocycles. The predicted octanol–water partition coefficient (Wildman–Crippen LogP) is 2.95. The summed E-state index contributed by atoms with van der Waals surface area (Å²) in [6, 6.07) is 10.2. The molecule has 0 aliphatic carbocycles. The van der Waals surface area contributed by atoms with E-state index in [1.807, 2.05) is 0 Å². The average Bonchev–Trinajstić information content (AvgIpc) is 3.31. The first-order chi connectivity index (χ1) is 11.7. The van der Waals surface area contributed by atoms with Crippen LogP contribution in [0.5, 0.6) is 0 Å². The molecule has 7 heteroatoms. The third kappa shape index (κ3) is 3.88. The first-order valence-electron chi connectivity index (χ1n) is 7.18. The van der Waals surface area contributed by atoms with Crippen LogP contribution >= 0.6 is 11.3 Å². The standard InChI is InChI=1S/C17H14N2O4S/c20-16(19-11-13-5-2-8-22-13)15(12-4-1-7-18-10-12)23-17(21)14-6-3-9-24-14/h1-10,15H,11H2,(H,19,20)/t15-/m0/s1. The van der Waals surface area contributed by atoms with Gasteiger partial charge >= 0.3 is 5.97 Å². The van der Waals surface area contributed by atoms with Crippen LogP contribution in [-0.4, -0.2) is 16.9 Å². The van der Waals surface area contributed by atoms with Gasteiger partial charge in [-0.3, -0.25) is 9.78 Å². The highest BCUT2D eigenvalue weighted by molar-refractivity contribution is 7.11. The molecule has 1 amide bonds. The Morgan fingerprint density at radius 1 is 1.25 bits per heavy atom. The maximum Gasteiger partial charge on any atom is 0.349 e. The molecular weight excluding hydrogens is 328 g/mol. The zero-order valence-electron chi connectivity index (χ0n) is 12.5. The molecular formula is C17H14N2O4S. The highest BCUT2D eigenvalue weighted by Gasteiger charge is 2.26. The van der Waals surface area contributed by atoms with Crippen molar-refractivity contribution in [1.29, 1.82) is 0 Å². The van der Waals surface area contributed by atoms with E-state index in [0.29, 0.717) is 16.2 Å². The maximum absolute atomic E-state index is 12.5. The molecule has 6 nitrogen and oxygen atoms in total. The van der Waals surface area contributed by atoms with Gasteiger partial charge in [-0.1, -0.05) is 12.1 Å². The molecule has 0 bridgehead atoms. The fourth-order valence-corrected chi connectivity index (χ4v) is 2.65.